The number of carbonyl (C=O) groups is 1. The number of carboxylic acid groups (broad SMARTS) is 1. The van der Waals surface area contributed by atoms with Crippen LogP contribution in [0.3, 0.4) is 0 Å². The van der Waals surface area contributed by atoms with E-state index in [1.54, 1.807) is 0 Å². The van der Waals surface area contributed by atoms with Crippen LogP contribution in [0.1, 0.15) is 98.3 Å². The maximum atomic E-state index is 10.7. The molecule has 0 aliphatic heterocycles. The van der Waals surface area contributed by atoms with Gasteiger partial charge >= 0.3 is 5.97 Å². The Hall–Kier alpha value is -0.530. The fourth-order valence-electron chi connectivity index (χ4n) is 2.97. The first kappa shape index (κ1) is 20.5. The lowest BCUT2D eigenvalue weighted by Crippen LogP contribution is -2.13. The molecule has 0 fully saturated rings. The highest BCUT2D eigenvalue weighted by atomic mass is 16.4. The Morgan fingerprint density at radius 1 is 0.810 bits per heavy atom. The lowest BCUT2D eigenvalue weighted by Gasteiger charge is -2.19. The Morgan fingerprint density at radius 3 is 2.00 bits per heavy atom. The lowest BCUT2D eigenvalue weighted by atomic mass is 9.87. The van der Waals surface area contributed by atoms with Gasteiger partial charge in [0.25, 0.3) is 0 Å². The van der Waals surface area contributed by atoms with E-state index in [9.17, 15) is 4.79 Å². The maximum Gasteiger partial charge on any atom is 0.303 e. The SMILES string of the molecule is CCCCCCCC[C@H](C)CCC[C@H](C)[C@@H](C)CC(=O)O. The molecule has 2 nitrogen and oxygen atoms in total. The molecule has 0 aromatic heterocycles. The Balaban J connectivity index is 3.51. The highest BCUT2D eigenvalue weighted by Crippen LogP contribution is 2.23. The predicted octanol–water partition coefficient (Wildman–Crippen LogP) is 6.29. The Labute approximate surface area is 132 Å². The first-order valence-corrected chi connectivity index (χ1v) is 9.19. The monoisotopic (exact) mass is 298 g/mol. The van der Waals surface area contributed by atoms with Gasteiger partial charge in [-0.05, 0) is 17.8 Å². The van der Waals surface area contributed by atoms with Crippen molar-refractivity contribution >= 4 is 5.97 Å². The molecule has 0 bridgehead atoms. The molecular weight excluding hydrogens is 260 g/mol. The van der Waals surface area contributed by atoms with Crippen LogP contribution in [0, 0.1) is 17.8 Å². The third-order valence-electron chi connectivity index (χ3n) is 4.87. The van der Waals surface area contributed by atoms with Gasteiger partial charge in [-0.2, -0.15) is 0 Å². The minimum Gasteiger partial charge on any atom is -0.481 e. The van der Waals surface area contributed by atoms with Crippen molar-refractivity contribution in [2.24, 2.45) is 17.8 Å². The van der Waals surface area contributed by atoms with Gasteiger partial charge < -0.3 is 5.11 Å². The number of aliphatic carboxylic acids is 1. The molecule has 0 aromatic rings. The molecule has 0 aromatic carbocycles. The van der Waals surface area contributed by atoms with Crippen LogP contribution >= 0.6 is 0 Å². The zero-order chi connectivity index (χ0) is 16.1. The third kappa shape index (κ3) is 12.9. The van der Waals surface area contributed by atoms with E-state index in [0.717, 1.165) is 5.92 Å². The van der Waals surface area contributed by atoms with Crippen molar-refractivity contribution in [1.82, 2.24) is 0 Å². The summed E-state index contributed by atoms with van der Waals surface area (Å²) < 4.78 is 0. The summed E-state index contributed by atoms with van der Waals surface area (Å²) in [6.45, 7) is 8.91. The fourth-order valence-corrected chi connectivity index (χ4v) is 2.97. The third-order valence-corrected chi connectivity index (χ3v) is 4.87. The quantitative estimate of drug-likeness (QED) is 0.383. The smallest absolute Gasteiger partial charge is 0.303 e. The average molecular weight is 299 g/mol. The highest BCUT2D eigenvalue weighted by molar-refractivity contribution is 5.66. The molecule has 0 saturated carbocycles. The topological polar surface area (TPSA) is 37.3 Å². The Kier molecular flexibility index (Phi) is 12.8. The van der Waals surface area contributed by atoms with Gasteiger partial charge in [0.2, 0.25) is 0 Å². The van der Waals surface area contributed by atoms with Gasteiger partial charge in [-0.3, -0.25) is 4.79 Å². The molecule has 0 spiro atoms. The number of hydrogen-bond donors (Lipinski definition) is 1. The second-order valence-corrected chi connectivity index (χ2v) is 7.14. The number of rotatable bonds is 14. The minimum absolute atomic E-state index is 0.302. The summed E-state index contributed by atoms with van der Waals surface area (Å²) in [6, 6.07) is 0. The van der Waals surface area contributed by atoms with Crippen molar-refractivity contribution in [1.29, 1.82) is 0 Å². The first-order chi connectivity index (χ1) is 9.97. The summed E-state index contributed by atoms with van der Waals surface area (Å²) in [4.78, 5) is 10.7. The van der Waals surface area contributed by atoms with Crippen molar-refractivity contribution in [2.75, 3.05) is 0 Å². The van der Waals surface area contributed by atoms with Crippen LogP contribution in [0.15, 0.2) is 0 Å². The molecule has 0 aliphatic carbocycles. The van der Waals surface area contributed by atoms with Crippen LogP contribution in [0.25, 0.3) is 0 Å². The van der Waals surface area contributed by atoms with Crippen LogP contribution < -0.4 is 0 Å². The molecule has 3 atom stereocenters. The Morgan fingerprint density at radius 2 is 1.38 bits per heavy atom. The molecule has 0 aliphatic rings. The van der Waals surface area contributed by atoms with Crippen molar-refractivity contribution in [2.45, 2.75) is 98.3 Å². The lowest BCUT2D eigenvalue weighted by molar-refractivity contribution is -0.138. The summed E-state index contributed by atoms with van der Waals surface area (Å²) in [5, 5.41) is 8.82. The summed E-state index contributed by atoms with van der Waals surface area (Å²) in [5.41, 5.74) is 0. The molecule has 0 saturated heterocycles. The Bertz CT molecular complexity index is 250. The molecule has 126 valence electrons. The van der Waals surface area contributed by atoms with Crippen LogP contribution in [-0.2, 0) is 4.79 Å². The van der Waals surface area contributed by atoms with E-state index in [1.807, 2.05) is 0 Å². The van der Waals surface area contributed by atoms with E-state index in [1.165, 1.54) is 64.2 Å². The zero-order valence-corrected chi connectivity index (χ0v) is 14.9. The molecule has 21 heavy (non-hydrogen) atoms. The van der Waals surface area contributed by atoms with Crippen molar-refractivity contribution in [3.05, 3.63) is 0 Å². The normalized spacial score (nSPS) is 15.6. The molecular formula is C19H38O2. The fraction of sp³-hybridized carbons (Fsp3) is 0.947. The molecule has 0 unspecified atom stereocenters. The van der Waals surface area contributed by atoms with E-state index in [2.05, 4.69) is 27.7 Å². The van der Waals surface area contributed by atoms with Gasteiger partial charge in [-0.25, -0.2) is 0 Å². The average Bonchev–Trinajstić information content (AvgIpc) is 2.41. The van der Waals surface area contributed by atoms with Gasteiger partial charge in [-0.15, -0.1) is 0 Å². The molecule has 2 heteroatoms. The highest BCUT2D eigenvalue weighted by Gasteiger charge is 2.15. The van der Waals surface area contributed by atoms with Crippen molar-refractivity contribution in [3.63, 3.8) is 0 Å². The van der Waals surface area contributed by atoms with Gasteiger partial charge in [0.1, 0.15) is 0 Å². The van der Waals surface area contributed by atoms with Gasteiger partial charge in [-0.1, -0.05) is 91.9 Å². The largest absolute Gasteiger partial charge is 0.481 e. The standard InChI is InChI=1S/C19H38O2/c1-5-6-7-8-9-10-12-16(2)13-11-14-17(3)18(4)15-19(20)21/h16-18H,5-15H2,1-4H3,(H,20,21)/t16-,17-,18-/m0/s1. The van der Waals surface area contributed by atoms with Gasteiger partial charge in [0.15, 0.2) is 0 Å². The van der Waals surface area contributed by atoms with Crippen LogP contribution in [0.4, 0.5) is 0 Å². The minimum atomic E-state index is -0.661. The molecule has 0 amide bonds. The van der Waals surface area contributed by atoms with E-state index >= 15 is 0 Å². The summed E-state index contributed by atoms with van der Waals surface area (Å²) in [6.07, 6.45) is 13.7. The van der Waals surface area contributed by atoms with Gasteiger partial charge in [0, 0.05) is 6.42 Å². The van der Waals surface area contributed by atoms with Crippen LogP contribution in [-0.4, -0.2) is 11.1 Å². The molecule has 0 heterocycles. The predicted molar refractivity (Wildman–Crippen MR) is 91.6 cm³/mol. The number of hydrogen-bond acceptors (Lipinski definition) is 1. The number of unbranched alkanes of at least 4 members (excludes halogenated alkanes) is 5. The van der Waals surface area contributed by atoms with Crippen molar-refractivity contribution in [3.8, 4) is 0 Å². The van der Waals surface area contributed by atoms with E-state index in [4.69, 9.17) is 5.11 Å². The van der Waals surface area contributed by atoms with E-state index in [0.29, 0.717) is 18.3 Å². The van der Waals surface area contributed by atoms with Crippen molar-refractivity contribution < 1.29 is 9.90 Å². The van der Waals surface area contributed by atoms with E-state index in [-0.39, 0.29) is 0 Å². The second-order valence-electron chi connectivity index (χ2n) is 7.14. The first-order valence-electron chi connectivity index (χ1n) is 9.19. The van der Waals surface area contributed by atoms with E-state index < -0.39 is 5.97 Å². The maximum absolute atomic E-state index is 10.7. The number of carboxylic acids is 1. The second kappa shape index (κ2) is 13.2. The van der Waals surface area contributed by atoms with Crippen LogP contribution in [0.2, 0.25) is 0 Å². The van der Waals surface area contributed by atoms with Crippen LogP contribution in [0.5, 0.6) is 0 Å². The summed E-state index contributed by atoms with van der Waals surface area (Å²) in [5.74, 6) is 1.00. The zero-order valence-electron chi connectivity index (χ0n) is 14.9. The molecule has 0 radical (unpaired) electrons. The van der Waals surface area contributed by atoms with Gasteiger partial charge in [0.05, 0.1) is 0 Å². The summed E-state index contributed by atoms with van der Waals surface area (Å²) >= 11 is 0. The summed E-state index contributed by atoms with van der Waals surface area (Å²) in [7, 11) is 0. The molecule has 1 N–H and O–H groups in total. The molecule has 0 rings (SSSR count).